The van der Waals surface area contributed by atoms with E-state index in [4.69, 9.17) is 9.47 Å². The van der Waals surface area contributed by atoms with Crippen LogP contribution in [0.1, 0.15) is 6.92 Å². The van der Waals surface area contributed by atoms with Crippen molar-refractivity contribution >= 4 is 0 Å². The van der Waals surface area contributed by atoms with E-state index in [1.165, 1.54) is 0 Å². The number of rotatable bonds is 2. The van der Waals surface area contributed by atoms with Gasteiger partial charge in [0.05, 0.1) is 6.61 Å². The summed E-state index contributed by atoms with van der Waals surface area (Å²) in [5, 5.41) is 10.9. The topological polar surface area (TPSA) is 38.7 Å². The van der Waals surface area contributed by atoms with E-state index in [1.54, 1.807) is 13.2 Å². The van der Waals surface area contributed by atoms with Gasteiger partial charge >= 0.3 is 0 Å². The standard InChI is InChI=1S/C13H18O3/c1-4-12(14)10-5-6-11-9(8(10)2)7-16-13(11,12)15-3/h4-6,8-11,14H,1,7H2,2-3H3/t8-,9-,10-,11+,12+,13-/m1/s1. The zero-order valence-electron chi connectivity index (χ0n) is 9.72. The highest BCUT2D eigenvalue weighted by Gasteiger charge is 2.71. The van der Waals surface area contributed by atoms with Crippen molar-refractivity contribution in [3.05, 3.63) is 24.8 Å². The van der Waals surface area contributed by atoms with Gasteiger partial charge in [0.1, 0.15) is 5.60 Å². The molecular weight excluding hydrogens is 204 g/mol. The van der Waals surface area contributed by atoms with Gasteiger partial charge in [-0.15, -0.1) is 6.58 Å². The molecule has 0 spiro atoms. The van der Waals surface area contributed by atoms with Crippen molar-refractivity contribution in [3.63, 3.8) is 0 Å². The molecule has 0 aromatic carbocycles. The zero-order valence-corrected chi connectivity index (χ0v) is 9.72. The van der Waals surface area contributed by atoms with Gasteiger partial charge in [-0.2, -0.15) is 0 Å². The molecular formula is C13H18O3. The molecule has 1 aliphatic heterocycles. The highest BCUT2D eigenvalue weighted by molar-refractivity contribution is 5.31. The van der Waals surface area contributed by atoms with Crippen LogP contribution in [0.3, 0.4) is 0 Å². The molecule has 1 heterocycles. The molecule has 0 amide bonds. The molecule has 6 atom stereocenters. The van der Waals surface area contributed by atoms with E-state index >= 15 is 0 Å². The van der Waals surface area contributed by atoms with E-state index in [1.807, 2.05) is 0 Å². The third-order valence-electron chi connectivity index (χ3n) is 4.84. The second-order valence-electron chi connectivity index (χ2n) is 5.17. The summed E-state index contributed by atoms with van der Waals surface area (Å²) < 4.78 is 11.4. The number of ether oxygens (including phenoxy) is 2. The third-order valence-corrected chi connectivity index (χ3v) is 4.84. The Hall–Kier alpha value is -0.640. The summed E-state index contributed by atoms with van der Waals surface area (Å²) in [6, 6.07) is 0. The van der Waals surface area contributed by atoms with Gasteiger partial charge in [-0.25, -0.2) is 0 Å². The summed E-state index contributed by atoms with van der Waals surface area (Å²) in [7, 11) is 1.61. The van der Waals surface area contributed by atoms with Crippen LogP contribution in [0.4, 0.5) is 0 Å². The maximum atomic E-state index is 10.9. The summed E-state index contributed by atoms with van der Waals surface area (Å²) in [5.41, 5.74) is -1.10. The Morgan fingerprint density at radius 3 is 2.81 bits per heavy atom. The summed E-state index contributed by atoms with van der Waals surface area (Å²) in [5.74, 6) is 0.132. The quantitative estimate of drug-likeness (QED) is 0.717. The second-order valence-corrected chi connectivity index (χ2v) is 5.17. The Balaban J connectivity index is 2.20. The summed E-state index contributed by atoms with van der Waals surface area (Å²) in [6.07, 6.45) is 5.83. The van der Waals surface area contributed by atoms with Crippen LogP contribution in [0, 0.1) is 23.7 Å². The number of methoxy groups -OCH3 is 1. The van der Waals surface area contributed by atoms with Crippen LogP contribution >= 0.6 is 0 Å². The molecule has 0 aromatic rings. The Morgan fingerprint density at radius 1 is 1.50 bits per heavy atom. The fourth-order valence-electron chi connectivity index (χ4n) is 3.93. The van der Waals surface area contributed by atoms with Crippen LogP contribution in [-0.4, -0.2) is 30.2 Å². The zero-order chi connectivity index (χ0) is 11.6. The molecule has 4 aliphatic rings. The maximum absolute atomic E-state index is 10.9. The molecule has 3 nitrogen and oxygen atoms in total. The smallest absolute Gasteiger partial charge is 0.208 e. The predicted octanol–water partition coefficient (Wildman–Crippen LogP) is 1.34. The molecule has 0 aromatic heterocycles. The van der Waals surface area contributed by atoms with E-state index < -0.39 is 11.4 Å². The van der Waals surface area contributed by atoms with Gasteiger partial charge in [-0.05, 0) is 11.8 Å². The van der Waals surface area contributed by atoms with E-state index in [2.05, 4.69) is 25.7 Å². The van der Waals surface area contributed by atoms with Gasteiger partial charge in [-0.1, -0.05) is 25.2 Å². The average molecular weight is 222 g/mol. The maximum Gasteiger partial charge on any atom is 0.208 e. The lowest BCUT2D eigenvalue weighted by Gasteiger charge is -2.56. The fourth-order valence-corrected chi connectivity index (χ4v) is 3.93. The minimum Gasteiger partial charge on any atom is -0.379 e. The van der Waals surface area contributed by atoms with E-state index in [9.17, 15) is 5.11 Å². The SMILES string of the molecule is C=C[C@]1(O)[C@@H]2C=C[C@H]3[C@H](CO[C@]31OC)[C@H]2C. The molecule has 88 valence electrons. The normalized spacial score (nSPS) is 57.9. The lowest BCUT2D eigenvalue weighted by molar-refractivity contribution is -0.311. The summed E-state index contributed by atoms with van der Waals surface area (Å²) in [6.45, 7) is 6.61. The van der Waals surface area contributed by atoms with Gasteiger partial charge in [0, 0.05) is 18.9 Å². The average Bonchev–Trinajstić information content (AvgIpc) is 2.67. The van der Waals surface area contributed by atoms with Crippen LogP contribution in [0.25, 0.3) is 0 Å². The predicted molar refractivity (Wildman–Crippen MR) is 59.6 cm³/mol. The Bertz CT molecular complexity index is 364. The summed E-state index contributed by atoms with van der Waals surface area (Å²) in [4.78, 5) is 0. The molecule has 1 N–H and O–H groups in total. The molecule has 4 rings (SSSR count). The highest BCUT2D eigenvalue weighted by atomic mass is 16.7. The first-order valence-electron chi connectivity index (χ1n) is 5.84. The first-order valence-corrected chi connectivity index (χ1v) is 5.84. The molecule has 0 unspecified atom stereocenters. The monoisotopic (exact) mass is 222 g/mol. The molecule has 4 bridgehead atoms. The van der Waals surface area contributed by atoms with Gasteiger partial charge in [0.2, 0.25) is 5.79 Å². The Kier molecular flexibility index (Phi) is 1.95. The number of aliphatic hydroxyl groups is 1. The molecule has 0 radical (unpaired) electrons. The molecule has 1 saturated heterocycles. The minimum atomic E-state index is -1.10. The van der Waals surface area contributed by atoms with Gasteiger partial charge < -0.3 is 14.6 Å². The number of hydrogen-bond acceptors (Lipinski definition) is 3. The van der Waals surface area contributed by atoms with Crippen molar-refractivity contribution < 1.29 is 14.6 Å². The van der Waals surface area contributed by atoms with E-state index in [-0.39, 0.29) is 11.8 Å². The van der Waals surface area contributed by atoms with Crippen LogP contribution in [0.15, 0.2) is 24.8 Å². The largest absolute Gasteiger partial charge is 0.379 e. The molecule has 3 aliphatic carbocycles. The first-order chi connectivity index (χ1) is 7.60. The molecule has 3 heteroatoms. The number of hydrogen-bond donors (Lipinski definition) is 1. The van der Waals surface area contributed by atoms with Crippen molar-refractivity contribution in [1.29, 1.82) is 0 Å². The van der Waals surface area contributed by atoms with Gasteiger partial charge in [-0.3, -0.25) is 0 Å². The lowest BCUT2D eigenvalue weighted by atomic mass is 9.55. The van der Waals surface area contributed by atoms with E-state index in [0.717, 1.165) is 0 Å². The van der Waals surface area contributed by atoms with E-state index in [0.29, 0.717) is 18.4 Å². The van der Waals surface area contributed by atoms with Crippen molar-refractivity contribution in [1.82, 2.24) is 0 Å². The molecule has 16 heavy (non-hydrogen) atoms. The highest BCUT2D eigenvalue weighted by Crippen LogP contribution is 2.61. The summed E-state index contributed by atoms with van der Waals surface area (Å²) >= 11 is 0. The minimum absolute atomic E-state index is 0.0439. The van der Waals surface area contributed by atoms with Gasteiger partial charge in [0.25, 0.3) is 0 Å². The first kappa shape index (κ1) is 10.5. The molecule has 2 fully saturated rings. The third kappa shape index (κ3) is 0.838. The van der Waals surface area contributed by atoms with Crippen LogP contribution in [0.2, 0.25) is 0 Å². The van der Waals surface area contributed by atoms with Crippen molar-refractivity contribution in [3.8, 4) is 0 Å². The van der Waals surface area contributed by atoms with Crippen molar-refractivity contribution in [2.75, 3.05) is 13.7 Å². The van der Waals surface area contributed by atoms with Crippen LogP contribution in [-0.2, 0) is 9.47 Å². The van der Waals surface area contributed by atoms with Crippen LogP contribution < -0.4 is 0 Å². The van der Waals surface area contributed by atoms with Crippen LogP contribution in [0.5, 0.6) is 0 Å². The lowest BCUT2D eigenvalue weighted by Crippen LogP contribution is -2.67. The fraction of sp³-hybridized carbons (Fsp3) is 0.692. The van der Waals surface area contributed by atoms with Crippen molar-refractivity contribution in [2.45, 2.75) is 18.3 Å². The van der Waals surface area contributed by atoms with Crippen molar-refractivity contribution in [2.24, 2.45) is 23.7 Å². The Labute approximate surface area is 95.7 Å². The Morgan fingerprint density at radius 2 is 2.19 bits per heavy atom. The molecule has 1 saturated carbocycles. The second kappa shape index (κ2) is 2.97. The van der Waals surface area contributed by atoms with Gasteiger partial charge in [0.15, 0.2) is 0 Å².